The molecule has 0 bridgehead atoms. The first kappa shape index (κ1) is 21.7. The molecule has 160 valence electrons. The van der Waals surface area contributed by atoms with Crippen LogP contribution in [0.15, 0.2) is 17.2 Å². The smallest absolute Gasteiger partial charge is 0.261 e. The van der Waals surface area contributed by atoms with Crippen molar-refractivity contribution in [3.05, 3.63) is 28.3 Å². The molecular weight excluding hydrogens is 366 g/mol. The molecule has 0 spiro atoms. The zero-order chi connectivity index (χ0) is 20.8. The summed E-state index contributed by atoms with van der Waals surface area (Å²) in [4.78, 5) is 22.2. The van der Waals surface area contributed by atoms with Crippen molar-refractivity contribution in [3.8, 4) is 0 Å². The lowest BCUT2D eigenvalue weighted by Gasteiger charge is -2.27. The lowest BCUT2D eigenvalue weighted by Crippen LogP contribution is -2.25. The molecule has 0 aromatic carbocycles. The van der Waals surface area contributed by atoms with Gasteiger partial charge in [-0.2, -0.15) is 0 Å². The third-order valence-electron chi connectivity index (χ3n) is 6.08. The number of aliphatic hydroxyl groups excluding tert-OH is 1. The zero-order valence-corrected chi connectivity index (χ0v) is 17.7. The lowest BCUT2D eigenvalue weighted by atomic mass is 9.82. The second kappa shape index (κ2) is 10.2. The number of pyridine rings is 1. The van der Waals surface area contributed by atoms with Crippen molar-refractivity contribution < 1.29 is 5.11 Å². The number of rotatable bonds is 9. The molecule has 1 atom stereocenters. The fourth-order valence-electron chi connectivity index (χ4n) is 4.05. The molecule has 0 saturated heterocycles. The van der Waals surface area contributed by atoms with E-state index in [1.165, 1.54) is 0 Å². The second-order valence-electron chi connectivity index (χ2n) is 8.35. The number of nitrogens with zero attached hydrogens (tertiary/aromatic N) is 3. The summed E-state index contributed by atoms with van der Waals surface area (Å²) in [7, 11) is 0. The van der Waals surface area contributed by atoms with Gasteiger partial charge in [-0.3, -0.25) is 4.79 Å². The van der Waals surface area contributed by atoms with Gasteiger partial charge in [0.05, 0.1) is 17.0 Å². The average molecular weight is 402 g/mol. The number of hydrogen-bond acceptors (Lipinski definition) is 6. The van der Waals surface area contributed by atoms with E-state index in [2.05, 4.69) is 24.1 Å². The molecule has 2 aromatic rings. The minimum Gasteiger partial charge on any atom is -0.393 e. The normalized spacial score (nSPS) is 20.7. The molecule has 4 N–H and O–H groups in total. The molecule has 0 amide bonds. The van der Waals surface area contributed by atoms with E-state index >= 15 is 0 Å². The van der Waals surface area contributed by atoms with Crippen molar-refractivity contribution in [2.75, 3.05) is 11.9 Å². The predicted molar refractivity (Wildman–Crippen MR) is 117 cm³/mol. The predicted octanol–water partition coefficient (Wildman–Crippen LogP) is 3.15. The molecule has 0 radical (unpaired) electrons. The van der Waals surface area contributed by atoms with Gasteiger partial charge >= 0.3 is 0 Å². The summed E-state index contributed by atoms with van der Waals surface area (Å²) in [6.07, 6.45) is 10.8. The highest BCUT2D eigenvalue weighted by Crippen LogP contribution is 2.35. The number of aryl methyl sites for hydroxylation is 1. The number of aromatic nitrogens is 3. The fraction of sp³-hybridized carbons (Fsp3) is 0.682. The Balaban J connectivity index is 2.00. The van der Waals surface area contributed by atoms with Crippen LogP contribution in [0.5, 0.6) is 0 Å². The Labute approximate surface area is 172 Å². The molecule has 1 fully saturated rings. The molecule has 1 saturated carbocycles. The minimum atomic E-state index is -0.211. The number of anilines is 1. The number of fused-ring (bicyclic) bond motifs is 1. The number of aliphatic hydroxyl groups is 1. The molecule has 7 nitrogen and oxygen atoms in total. The molecule has 0 unspecified atom stereocenters. The van der Waals surface area contributed by atoms with E-state index in [-0.39, 0.29) is 17.7 Å². The summed E-state index contributed by atoms with van der Waals surface area (Å²) in [5.74, 6) is 0.882. The minimum absolute atomic E-state index is 0.0255. The molecule has 3 rings (SSSR count). The van der Waals surface area contributed by atoms with Crippen LogP contribution in [0.4, 0.5) is 5.95 Å². The number of unbranched alkanes of at least 4 members (excludes halogenated alkanes) is 2. The van der Waals surface area contributed by atoms with Gasteiger partial charge in [0, 0.05) is 25.0 Å². The highest BCUT2D eigenvalue weighted by Gasteiger charge is 2.25. The van der Waals surface area contributed by atoms with Crippen LogP contribution < -0.4 is 16.6 Å². The van der Waals surface area contributed by atoms with Crippen molar-refractivity contribution in [2.24, 2.45) is 5.73 Å². The molecule has 2 aromatic heterocycles. The Hall–Kier alpha value is -1.99. The maximum Gasteiger partial charge on any atom is 0.261 e. The van der Waals surface area contributed by atoms with Crippen LogP contribution >= 0.6 is 0 Å². The zero-order valence-electron chi connectivity index (χ0n) is 17.7. The van der Waals surface area contributed by atoms with Gasteiger partial charge in [-0.1, -0.05) is 13.3 Å². The molecule has 1 aliphatic carbocycles. The molecule has 7 heteroatoms. The summed E-state index contributed by atoms with van der Waals surface area (Å²) in [5, 5.41) is 13.8. The van der Waals surface area contributed by atoms with Crippen LogP contribution in [0, 0.1) is 0 Å². The molecule has 29 heavy (non-hydrogen) atoms. The van der Waals surface area contributed by atoms with Gasteiger partial charge in [-0.05, 0) is 69.9 Å². The first-order valence-electron chi connectivity index (χ1n) is 11.1. The van der Waals surface area contributed by atoms with Gasteiger partial charge in [-0.15, -0.1) is 0 Å². The Morgan fingerprint density at radius 3 is 2.72 bits per heavy atom. The Kier molecular flexibility index (Phi) is 7.61. The Bertz CT molecular complexity index is 858. The molecule has 0 aliphatic heterocycles. The quantitative estimate of drug-likeness (QED) is 0.557. The summed E-state index contributed by atoms with van der Waals surface area (Å²) >= 11 is 0. The largest absolute Gasteiger partial charge is 0.393 e. The molecular formula is C22H35N5O2. The Morgan fingerprint density at radius 2 is 2.03 bits per heavy atom. The first-order chi connectivity index (χ1) is 14.0. The maximum absolute atomic E-state index is 13.1. The third-order valence-corrected chi connectivity index (χ3v) is 6.08. The van der Waals surface area contributed by atoms with Crippen LogP contribution in [-0.2, 0) is 6.54 Å². The fourth-order valence-corrected chi connectivity index (χ4v) is 4.05. The van der Waals surface area contributed by atoms with E-state index in [9.17, 15) is 9.90 Å². The van der Waals surface area contributed by atoms with Crippen LogP contribution in [0.25, 0.3) is 10.9 Å². The number of nitrogens with two attached hydrogens (primary N) is 1. The van der Waals surface area contributed by atoms with E-state index in [1.807, 2.05) is 10.8 Å². The van der Waals surface area contributed by atoms with Crippen molar-refractivity contribution >= 4 is 16.9 Å². The topological polar surface area (TPSA) is 106 Å². The standard InChI is InChI=1S/C22H35N5O2/c1-3-15(2)25-22-24-13-18-20(26-22)19(16-7-9-17(28)10-8-16)14-27(21(18)29)12-6-4-5-11-23/h13-17,28H,3-12,23H2,1-2H3,(H,24,25,26)/t15-,16-,17-/m0/s1. The van der Waals surface area contributed by atoms with Gasteiger partial charge in [0.2, 0.25) is 5.95 Å². The number of hydrogen-bond donors (Lipinski definition) is 3. The Morgan fingerprint density at radius 1 is 1.28 bits per heavy atom. The summed E-state index contributed by atoms with van der Waals surface area (Å²) < 4.78 is 1.82. The summed E-state index contributed by atoms with van der Waals surface area (Å²) in [6, 6.07) is 0.267. The average Bonchev–Trinajstić information content (AvgIpc) is 2.73. The van der Waals surface area contributed by atoms with E-state index < -0.39 is 0 Å². The van der Waals surface area contributed by atoms with Gasteiger partial charge in [0.25, 0.3) is 5.56 Å². The summed E-state index contributed by atoms with van der Waals surface area (Å²) in [5.41, 5.74) is 7.44. The van der Waals surface area contributed by atoms with Gasteiger partial charge in [-0.25, -0.2) is 9.97 Å². The SMILES string of the molecule is CC[C@H](C)Nc1ncc2c(=O)n(CCCCCN)cc([C@H]3CC[C@H](O)CC3)c2n1. The van der Waals surface area contributed by atoms with Gasteiger partial charge in [0.1, 0.15) is 0 Å². The summed E-state index contributed by atoms with van der Waals surface area (Å²) in [6.45, 7) is 5.57. The third kappa shape index (κ3) is 5.34. The van der Waals surface area contributed by atoms with E-state index in [0.29, 0.717) is 30.3 Å². The highest BCUT2D eigenvalue weighted by molar-refractivity contribution is 5.81. The van der Waals surface area contributed by atoms with Crippen LogP contribution in [-0.4, -0.2) is 38.3 Å². The number of nitrogens with one attached hydrogen (secondary N) is 1. The maximum atomic E-state index is 13.1. The van der Waals surface area contributed by atoms with E-state index in [1.54, 1.807) is 6.20 Å². The lowest BCUT2D eigenvalue weighted by molar-refractivity contribution is 0.122. The van der Waals surface area contributed by atoms with Gasteiger partial charge < -0.3 is 20.7 Å². The first-order valence-corrected chi connectivity index (χ1v) is 11.1. The monoisotopic (exact) mass is 401 g/mol. The van der Waals surface area contributed by atoms with E-state index in [0.717, 1.165) is 62.4 Å². The van der Waals surface area contributed by atoms with Crippen molar-refractivity contribution in [1.82, 2.24) is 14.5 Å². The van der Waals surface area contributed by atoms with Crippen molar-refractivity contribution in [2.45, 2.75) is 89.8 Å². The van der Waals surface area contributed by atoms with Crippen molar-refractivity contribution in [1.29, 1.82) is 0 Å². The van der Waals surface area contributed by atoms with Crippen LogP contribution in [0.1, 0.15) is 76.7 Å². The highest BCUT2D eigenvalue weighted by atomic mass is 16.3. The molecule has 1 aliphatic rings. The second-order valence-corrected chi connectivity index (χ2v) is 8.35. The molecule has 2 heterocycles. The van der Waals surface area contributed by atoms with Crippen molar-refractivity contribution in [3.63, 3.8) is 0 Å². The van der Waals surface area contributed by atoms with Gasteiger partial charge in [0.15, 0.2) is 0 Å². The van der Waals surface area contributed by atoms with Crippen LogP contribution in [0.3, 0.4) is 0 Å². The van der Waals surface area contributed by atoms with E-state index in [4.69, 9.17) is 10.7 Å². The van der Waals surface area contributed by atoms with Crippen LogP contribution in [0.2, 0.25) is 0 Å².